The zero-order valence-corrected chi connectivity index (χ0v) is 11.5. The molecule has 0 aromatic heterocycles. The molecular formula is C10H9BrCl2O3. The van der Waals surface area contributed by atoms with Crippen molar-refractivity contribution in [3.05, 3.63) is 26.7 Å². The molecule has 0 saturated heterocycles. The van der Waals surface area contributed by atoms with Gasteiger partial charge in [0, 0.05) is 10.5 Å². The molecule has 16 heavy (non-hydrogen) atoms. The Morgan fingerprint density at radius 1 is 1.38 bits per heavy atom. The van der Waals surface area contributed by atoms with Crippen LogP contribution in [0.4, 0.5) is 0 Å². The van der Waals surface area contributed by atoms with Crippen LogP contribution in [0.2, 0.25) is 10.0 Å². The Balaban J connectivity index is 2.60. The lowest BCUT2D eigenvalue weighted by molar-refractivity contribution is -0.141. The number of carbonyl (C=O) groups is 1. The van der Waals surface area contributed by atoms with Gasteiger partial charge in [0.25, 0.3) is 0 Å². The van der Waals surface area contributed by atoms with Gasteiger partial charge in [-0.1, -0.05) is 23.2 Å². The molecule has 1 aromatic rings. The minimum Gasteiger partial charge on any atom is -0.491 e. The normalized spacial score (nSPS) is 10.0. The summed E-state index contributed by atoms with van der Waals surface area (Å²) in [5.74, 6) is 0.109. The molecule has 0 fully saturated rings. The van der Waals surface area contributed by atoms with Crippen molar-refractivity contribution in [2.75, 3.05) is 13.7 Å². The molecule has 1 aromatic carbocycles. The third-order valence-corrected chi connectivity index (χ3v) is 3.26. The van der Waals surface area contributed by atoms with Gasteiger partial charge in [-0.15, -0.1) is 0 Å². The van der Waals surface area contributed by atoms with Crippen molar-refractivity contribution in [3.63, 3.8) is 0 Å². The largest absolute Gasteiger partial charge is 0.491 e. The monoisotopic (exact) mass is 326 g/mol. The topological polar surface area (TPSA) is 35.5 Å². The van der Waals surface area contributed by atoms with Crippen molar-refractivity contribution in [2.45, 2.75) is 6.42 Å². The number of methoxy groups -OCH3 is 1. The van der Waals surface area contributed by atoms with Crippen molar-refractivity contribution < 1.29 is 14.3 Å². The summed E-state index contributed by atoms with van der Waals surface area (Å²) in [4.78, 5) is 10.8. The Labute approximate surface area is 112 Å². The van der Waals surface area contributed by atoms with E-state index in [-0.39, 0.29) is 19.0 Å². The number of carbonyl (C=O) groups excluding carboxylic acids is 1. The van der Waals surface area contributed by atoms with E-state index < -0.39 is 0 Å². The van der Waals surface area contributed by atoms with Crippen molar-refractivity contribution in [1.29, 1.82) is 0 Å². The highest BCUT2D eigenvalue weighted by Crippen LogP contribution is 2.34. The standard InChI is InChI=1S/C10H9BrCl2O3/c1-15-10(14)2-3-16-9-5-7(12)6(11)4-8(9)13/h4-5H,2-3H2,1H3. The highest BCUT2D eigenvalue weighted by atomic mass is 79.9. The van der Waals surface area contributed by atoms with Gasteiger partial charge in [-0.25, -0.2) is 0 Å². The van der Waals surface area contributed by atoms with E-state index >= 15 is 0 Å². The molecule has 1 rings (SSSR count). The maximum atomic E-state index is 10.8. The van der Waals surface area contributed by atoms with Crippen LogP contribution in [0.1, 0.15) is 6.42 Å². The number of hydrogen-bond acceptors (Lipinski definition) is 3. The summed E-state index contributed by atoms with van der Waals surface area (Å²) in [6.45, 7) is 0.199. The average molecular weight is 328 g/mol. The fourth-order valence-electron chi connectivity index (χ4n) is 0.961. The molecule has 0 amide bonds. The fourth-order valence-corrected chi connectivity index (χ4v) is 1.81. The highest BCUT2D eigenvalue weighted by molar-refractivity contribution is 9.10. The first kappa shape index (κ1) is 13.6. The first-order valence-corrected chi connectivity index (χ1v) is 5.93. The summed E-state index contributed by atoms with van der Waals surface area (Å²) in [7, 11) is 1.33. The SMILES string of the molecule is COC(=O)CCOc1cc(Cl)c(Br)cc1Cl. The molecule has 0 heterocycles. The van der Waals surface area contributed by atoms with Crippen LogP contribution in [0.3, 0.4) is 0 Å². The average Bonchev–Trinajstić information content (AvgIpc) is 2.25. The van der Waals surface area contributed by atoms with Crippen molar-refractivity contribution in [2.24, 2.45) is 0 Å². The van der Waals surface area contributed by atoms with Crippen LogP contribution in [0, 0.1) is 0 Å². The lowest BCUT2D eigenvalue weighted by Crippen LogP contribution is -2.07. The molecule has 0 aliphatic carbocycles. The molecule has 0 unspecified atom stereocenters. The maximum absolute atomic E-state index is 10.8. The second kappa shape index (κ2) is 6.33. The summed E-state index contributed by atoms with van der Waals surface area (Å²) in [5.41, 5.74) is 0. The Morgan fingerprint density at radius 2 is 2.06 bits per heavy atom. The Morgan fingerprint density at radius 3 is 2.69 bits per heavy atom. The summed E-state index contributed by atoms with van der Waals surface area (Å²) in [6.07, 6.45) is 0.167. The number of rotatable bonds is 4. The van der Waals surface area contributed by atoms with E-state index in [1.807, 2.05) is 0 Å². The molecule has 0 atom stereocenters. The van der Waals surface area contributed by atoms with Crippen LogP contribution >= 0.6 is 39.1 Å². The molecule has 3 nitrogen and oxygen atoms in total. The molecule has 0 bridgehead atoms. The Hall–Kier alpha value is -0.450. The van der Waals surface area contributed by atoms with E-state index in [0.29, 0.717) is 20.3 Å². The van der Waals surface area contributed by atoms with Gasteiger partial charge >= 0.3 is 5.97 Å². The van der Waals surface area contributed by atoms with Gasteiger partial charge in [0.15, 0.2) is 0 Å². The third-order valence-electron chi connectivity index (χ3n) is 1.77. The number of hydrogen-bond donors (Lipinski definition) is 0. The van der Waals surface area contributed by atoms with E-state index in [9.17, 15) is 4.79 Å². The molecule has 6 heteroatoms. The molecule has 0 N–H and O–H groups in total. The second-order valence-corrected chi connectivity index (χ2v) is 4.54. The predicted molar refractivity (Wildman–Crippen MR) is 66.3 cm³/mol. The van der Waals surface area contributed by atoms with Crippen LogP contribution in [0.25, 0.3) is 0 Å². The van der Waals surface area contributed by atoms with Gasteiger partial charge in [-0.2, -0.15) is 0 Å². The maximum Gasteiger partial charge on any atom is 0.308 e. The zero-order valence-electron chi connectivity index (χ0n) is 8.43. The van der Waals surface area contributed by atoms with Crippen molar-refractivity contribution in [1.82, 2.24) is 0 Å². The van der Waals surface area contributed by atoms with Crippen LogP contribution in [0.5, 0.6) is 5.75 Å². The van der Waals surface area contributed by atoms with E-state index in [4.69, 9.17) is 27.9 Å². The predicted octanol–water partition coefficient (Wildman–Crippen LogP) is 3.70. The van der Waals surface area contributed by atoms with E-state index in [1.54, 1.807) is 12.1 Å². The van der Waals surface area contributed by atoms with Crippen LogP contribution in [0.15, 0.2) is 16.6 Å². The zero-order chi connectivity index (χ0) is 12.1. The first-order chi connectivity index (χ1) is 7.54. The van der Waals surface area contributed by atoms with Gasteiger partial charge in [-0.05, 0) is 22.0 Å². The van der Waals surface area contributed by atoms with Crippen LogP contribution in [-0.2, 0) is 9.53 Å². The van der Waals surface area contributed by atoms with Crippen molar-refractivity contribution >= 4 is 45.1 Å². The molecule has 0 aliphatic rings. The van der Waals surface area contributed by atoms with Gasteiger partial charge in [0.1, 0.15) is 5.75 Å². The van der Waals surface area contributed by atoms with E-state index in [2.05, 4.69) is 20.7 Å². The molecule has 0 radical (unpaired) electrons. The van der Waals surface area contributed by atoms with E-state index in [1.165, 1.54) is 7.11 Å². The van der Waals surface area contributed by atoms with Crippen LogP contribution in [-0.4, -0.2) is 19.7 Å². The first-order valence-electron chi connectivity index (χ1n) is 4.38. The van der Waals surface area contributed by atoms with Gasteiger partial charge in [0.2, 0.25) is 0 Å². The lowest BCUT2D eigenvalue weighted by Gasteiger charge is -2.08. The number of esters is 1. The van der Waals surface area contributed by atoms with Gasteiger partial charge in [-0.3, -0.25) is 4.79 Å². The number of benzene rings is 1. The number of ether oxygens (including phenoxy) is 2. The highest BCUT2D eigenvalue weighted by Gasteiger charge is 2.07. The molecule has 0 aliphatic heterocycles. The summed E-state index contributed by atoms with van der Waals surface area (Å²) in [6, 6.07) is 3.22. The molecule has 88 valence electrons. The second-order valence-electron chi connectivity index (χ2n) is 2.87. The van der Waals surface area contributed by atoms with E-state index in [0.717, 1.165) is 0 Å². The lowest BCUT2D eigenvalue weighted by atomic mass is 10.3. The minimum atomic E-state index is -0.334. The van der Waals surface area contributed by atoms with Gasteiger partial charge < -0.3 is 9.47 Å². The fraction of sp³-hybridized carbons (Fsp3) is 0.300. The Kier molecular flexibility index (Phi) is 5.38. The van der Waals surface area contributed by atoms with Gasteiger partial charge in [0.05, 0.1) is 30.2 Å². The molecular weight excluding hydrogens is 319 g/mol. The third kappa shape index (κ3) is 3.85. The summed E-state index contributed by atoms with van der Waals surface area (Å²) >= 11 is 15.0. The smallest absolute Gasteiger partial charge is 0.308 e. The Bertz CT molecular complexity index is 396. The van der Waals surface area contributed by atoms with Crippen LogP contribution < -0.4 is 4.74 Å². The molecule has 0 saturated carbocycles. The quantitative estimate of drug-likeness (QED) is 0.625. The summed E-state index contributed by atoms with van der Waals surface area (Å²) < 4.78 is 10.5. The minimum absolute atomic E-state index is 0.167. The summed E-state index contributed by atoms with van der Waals surface area (Å²) in [5, 5.41) is 0.929. The van der Waals surface area contributed by atoms with Crippen molar-refractivity contribution in [3.8, 4) is 5.75 Å². The molecule has 0 spiro atoms. The number of halogens is 3.